The van der Waals surface area contributed by atoms with E-state index in [9.17, 15) is 9.59 Å². The van der Waals surface area contributed by atoms with E-state index < -0.39 is 23.2 Å². The molecule has 16 nitrogen and oxygen atoms in total. The number of likely N-dealkylation sites (tertiary alicyclic amines) is 2. The van der Waals surface area contributed by atoms with Gasteiger partial charge in [0.15, 0.2) is 24.0 Å². The highest BCUT2D eigenvalue weighted by molar-refractivity contribution is 6.03. The van der Waals surface area contributed by atoms with E-state index in [2.05, 4.69) is 66.8 Å². The SMILES string of the molecule is C[C@@H](c1cc(C(=O)Nc2cccc(C3([C@H](F)c4nncn4C)COC3)c2)nc(C2CC2)c1)N1CCC2(CC2)C1.C[C@H](c1cc(C(=O)Nc2cccc(C3([C@H](F)c4nncn4C)COC3)c2)nc(C2CC2)c1)N1CCC2(CC2)C1. The van der Waals surface area contributed by atoms with Crippen LogP contribution in [0.15, 0.2) is 85.5 Å². The lowest BCUT2D eigenvalue weighted by Gasteiger charge is -2.43. The number of halogens is 2. The van der Waals surface area contributed by atoms with Gasteiger partial charge in [0.05, 0.1) is 37.3 Å². The minimum Gasteiger partial charge on any atom is -0.379 e. The largest absolute Gasteiger partial charge is 0.379 e. The average Bonchev–Trinajstić information content (AvgIpc) is 4.44. The number of anilines is 2. The predicted octanol–water partition coefficient (Wildman–Crippen LogP) is 9.73. The van der Waals surface area contributed by atoms with Gasteiger partial charge in [-0.3, -0.25) is 19.4 Å². The van der Waals surface area contributed by atoms with Crippen molar-refractivity contribution < 1.29 is 27.8 Å². The minimum absolute atomic E-state index is 0.239. The van der Waals surface area contributed by atoms with Gasteiger partial charge in [-0.25, -0.2) is 18.7 Å². The maximum Gasteiger partial charge on any atom is 0.274 e. The Labute approximate surface area is 454 Å². The summed E-state index contributed by atoms with van der Waals surface area (Å²) in [5, 5.41) is 21.7. The van der Waals surface area contributed by atoms with Gasteiger partial charge in [-0.2, -0.15) is 0 Å². The quantitative estimate of drug-likeness (QED) is 0.0943. The van der Waals surface area contributed by atoms with Gasteiger partial charge in [0, 0.05) is 73.9 Å². The van der Waals surface area contributed by atoms with Gasteiger partial charge in [0.25, 0.3) is 11.8 Å². The number of benzene rings is 2. The van der Waals surface area contributed by atoms with Gasteiger partial charge in [-0.15, -0.1) is 20.4 Å². The summed E-state index contributed by atoms with van der Waals surface area (Å²) in [5.41, 5.74) is 7.36. The maximum atomic E-state index is 15.8. The minimum atomic E-state index is -1.38. The molecule has 4 aliphatic heterocycles. The summed E-state index contributed by atoms with van der Waals surface area (Å²) in [6.07, 6.45) is 12.7. The lowest BCUT2D eigenvalue weighted by Crippen LogP contribution is -2.50. The highest BCUT2D eigenvalue weighted by Crippen LogP contribution is 2.55. The van der Waals surface area contributed by atoms with E-state index >= 15 is 8.78 Å². The van der Waals surface area contributed by atoms with Crippen molar-refractivity contribution in [3.63, 3.8) is 0 Å². The highest BCUT2D eigenvalue weighted by Gasteiger charge is 2.53. The van der Waals surface area contributed by atoms with Crippen molar-refractivity contribution in [3.8, 4) is 0 Å². The molecule has 0 unspecified atom stereocenters. The van der Waals surface area contributed by atoms with Crippen LogP contribution < -0.4 is 10.6 Å². The van der Waals surface area contributed by atoms with Crippen molar-refractivity contribution in [2.75, 3.05) is 63.2 Å². The molecule has 6 aromatic rings. The molecule has 4 aliphatic carbocycles. The van der Waals surface area contributed by atoms with Gasteiger partial charge in [0.2, 0.25) is 0 Å². The smallest absolute Gasteiger partial charge is 0.274 e. The van der Waals surface area contributed by atoms with E-state index in [4.69, 9.17) is 19.4 Å². The number of alkyl halides is 2. The lowest BCUT2D eigenvalue weighted by atomic mass is 9.74. The first-order valence-corrected chi connectivity index (χ1v) is 28.2. The Kier molecular flexibility index (Phi) is 13.0. The van der Waals surface area contributed by atoms with Crippen LogP contribution in [0, 0.1) is 10.8 Å². The van der Waals surface area contributed by atoms with E-state index in [0.29, 0.717) is 45.4 Å². The molecule has 408 valence electrons. The third-order valence-electron chi connectivity index (χ3n) is 18.8. The molecule has 0 radical (unpaired) electrons. The summed E-state index contributed by atoms with van der Waals surface area (Å²) in [6.45, 7) is 10.00. The van der Waals surface area contributed by atoms with Crippen LogP contribution in [-0.4, -0.2) is 114 Å². The molecule has 4 atom stereocenters. The second kappa shape index (κ2) is 19.8. The van der Waals surface area contributed by atoms with Crippen molar-refractivity contribution in [1.82, 2.24) is 49.3 Å². The number of aromatic nitrogens is 8. The highest BCUT2D eigenvalue weighted by atomic mass is 19.1. The number of carbonyl (C=O) groups excluding carboxylic acids is 2. The summed E-state index contributed by atoms with van der Waals surface area (Å²) in [4.78, 5) is 41.7. The van der Waals surface area contributed by atoms with Gasteiger partial charge >= 0.3 is 0 Å². The molecule has 4 saturated heterocycles. The van der Waals surface area contributed by atoms with E-state index in [1.165, 1.54) is 51.2 Å². The Balaban J connectivity index is 0.000000148. The number of nitrogens with one attached hydrogen (secondary N) is 2. The second-order valence-corrected chi connectivity index (χ2v) is 24.5. The number of hydrogen-bond donors (Lipinski definition) is 2. The Morgan fingerprint density at radius 3 is 1.32 bits per heavy atom. The fourth-order valence-electron chi connectivity index (χ4n) is 12.5. The van der Waals surface area contributed by atoms with Crippen LogP contribution in [0.25, 0.3) is 0 Å². The molecule has 78 heavy (non-hydrogen) atoms. The van der Waals surface area contributed by atoms with Crippen LogP contribution in [0.2, 0.25) is 0 Å². The molecule has 2 amide bonds. The number of pyridine rings is 2. The fourth-order valence-corrected chi connectivity index (χ4v) is 12.5. The standard InChI is InChI=1S/2C30H35FN6O2/c2*1-19(37-11-10-29(15-37)8-9-29)21-12-24(20-6-7-20)34-25(13-21)28(38)33-23-5-3-4-22(14-23)30(16-39-17-30)26(31)27-35-32-18-36(27)2/h2*3-5,12-14,18-20,26H,6-11,15-17H2,1-2H3,(H,33,38)/t19-,26+;19-,26-/m01/s1. The third kappa shape index (κ3) is 9.74. The number of aryl methyl sites for hydroxylation is 2. The lowest BCUT2D eigenvalue weighted by molar-refractivity contribution is -0.102. The molecule has 14 rings (SSSR count). The zero-order chi connectivity index (χ0) is 53.6. The van der Waals surface area contributed by atoms with Crippen LogP contribution in [0.1, 0.15) is 181 Å². The van der Waals surface area contributed by atoms with Crippen LogP contribution in [0.5, 0.6) is 0 Å². The van der Waals surface area contributed by atoms with Gasteiger partial charge in [0.1, 0.15) is 24.0 Å². The van der Waals surface area contributed by atoms with E-state index in [0.717, 1.165) is 85.5 Å². The van der Waals surface area contributed by atoms with E-state index in [-0.39, 0.29) is 62.0 Å². The molecule has 4 saturated carbocycles. The van der Waals surface area contributed by atoms with Crippen molar-refractivity contribution in [2.45, 2.75) is 125 Å². The maximum absolute atomic E-state index is 15.8. The molecule has 2 spiro atoms. The number of ether oxygens (including phenoxy) is 2. The average molecular weight is 1060 g/mol. The van der Waals surface area contributed by atoms with Gasteiger partial charge < -0.3 is 29.2 Å². The first-order chi connectivity index (χ1) is 37.7. The first-order valence-electron chi connectivity index (χ1n) is 28.2. The third-order valence-corrected chi connectivity index (χ3v) is 18.8. The fraction of sp³-hybridized carbons (Fsp3) is 0.533. The molecule has 2 aromatic carbocycles. The molecular formula is C60H70F2N12O4. The number of carbonyl (C=O) groups is 2. The zero-order valence-corrected chi connectivity index (χ0v) is 45.1. The molecule has 18 heteroatoms. The molecular weight excluding hydrogens is 991 g/mol. The van der Waals surface area contributed by atoms with Crippen LogP contribution >= 0.6 is 0 Å². The normalized spacial score (nSPS) is 22.8. The summed E-state index contributed by atoms with van der Waals surface area (Å²) in [6, 6.07) is 23.7. The Hall–Kier alpha value is -6.34. The van der Waals surface area contributed by atoms with E-state index in [1.54, 1.807) is 23.2 Å². The van der Waals surface area contributed by atoms with Crippen molar-refractivity contribution >= 4 is 23.2 Å². The predicted molar refractivity (Wildman–Crippen MR) is 288 cm³/mol. The topological polar surface area (TPSA) is 170 Å². The molecule has 8 fully saturated rings. The molecule has 4 aromatic heterocycles. The monoisotopic (exact) mass is 1060 g/mol. The summed E-state index contributed by atoms with van der Waals surface area (Å²) in [5.74, 6) is 0.934. The number of amides is 2. The molecule has 0 bridgehead atoms. The van der Waals surface area contributed by atoms with Crippen LogP contribution in [0.3, 0.4) is 0 Å². The summed E-state index contributed by atoms with van der Waals surface area (Å²) < 4.78 is 45.7. The van der Waals surface area contributed by atoms with Crippen LogP contribution in [0.4, 0.5) is 20.2 Å². The Morgan fingerprint density at radius 2 is 1.00 bits per heavy atom. The Bertz CT molecular complexity index is 3030. The summed E-state index contributed by atoms with van der Waals surface area (Å²) in [7, 11) is 3.47. The second-order valence-electron chi connectivity index (χ2n) is 24.5. The van der Waals surface area contributed by atoms with Gasteiger partial charge in [-0.1, -0.05) is 24.3 Å². The van der Waals surface area contributed by atoms with E-state index in [1.807, 2.05) is 60.7 Å². The van der Waals surface area contributed by atoms with Crippen molar-refractivity contribution in [3.05, 3.63) is 142 Å². The molecule has 2 N–H and O–H groups in total. The van der Waals surface area contributed by atoms with Crippen LogP contribution in [-0.2, 0) is 34.4 Å². The summed E-state index contributed by atoms with van der Waals surface area (Å²) >= 11 is 0. The number of rotatable bonds is 16. The molecule has 8 heterocycles. The van der Waals surface area contributed by atoms with Crippen molar-refractivity contribution in [2.24, 2.45) is 24.9 Å². The Morgan fingerprint density at radius 1 is 0.590 bits per heavy atom. The van der Waals surface area contributed by atoms with Crippen molar-refractivity contribution in [1.29, 1.82) is 0 Å². The zero-order valence-electron chi connectivity index (χ0n) is 45.1. The number of nitrogens with zero attached hydrogens (tertiary/aromatic N) is 10. The van der Waals surface area contributed by atoms with Gasteiger partial charge in [-0.05, 0) is 173 Å². The molecule has 8 aliphatic rings. The first kappa shape index (κ1) is 51.1. The number of hydrogen-bond acceptors (Lipinski definition) is 12.